The van der Waals surface area contributed by atoms with Gasteiger partial charge in [-0.15, -0.1) is 0 Å². The maximum Gasteiger partial charge on any atom is 0.120 e. The summed E-state index contributed by atoms with van der Waals surface area (Å²) in [6, 6.07) is 2.20. The molecule has 1 aliphatic heterocycles. The van der Waals surface area contributed by atoms with E-state index in [2.05, 4.69) is 37.1 Å². The third-order valence-electron chi connectivity index (χ3n) is 4.36. The van der Waals surface area contributed by atoms with E-state index in [1.54, 1.807) is 0 Å². The Labute approximate surface area is 117 Å². The molecular formula is C16H28N2O. The van der Waals surface area contributed by atoms with Gasteiger partial charge in [0, 0.05) is 0 Å². The molecule has 0 aliphatic carbocycles. The monoisotopic (exact) mass is 264 g/mol. The molecule has 0 atom stereocenters. The van der Waals surface area contributed by atoms with Crippen LogP contribution in [0.1, 0.15) is 43.8 Å². The van der Waals surface area contributed by atoms with Gasteiger partial charge in [0.25, 0.3) is 0 Å². The van der Waals surface area contributed by atoms with Gasteiger partial charge in [-0.3, -0.25) is 4.90 Å². The number of aryl methyl sites for hydroxylation is 1. The molecule has 3 nitrogen and oxygen atoms in total. The van der Waals surface area contributed by atoms with Gasteiger partial charge in [-0.2, -0.15) is 0 Å². The van der Waals surface area contributed by atoms with E-state index in [0.29, 0.717) is 0 Å². The van der Waals surface area contributed by atoms with Crippen molar-refractivity contribution in [3.05, 3.63) is 23.2 Å². The normalized spacial score (nSPS) is 18.4. The summed E-state index contributed by atoms with van der Waals surface area (Å²) in [4.78, 5) is 2.53. The Balaban J connectivity index is 1.87. The lowest BCUT2D eigenvalue weighted by Crippen LogP contribution is -2.34. The average molecular weight is 264 g/mol. The Morgan fingerprint density at radius 2 is 2.05 bits per heavy atom. The largest absolute Gasteiger partial charge is 0.463 e. The lowest BCUT2D eigenvalue weighted by molar-refractivity contribution is 0.143. The van der Waals surface area contributed by atoms with Crippen molar-refractivity contribution in [2.24, 2.45) is 11.8 Å². The van der Waals surface area contributed by atoms with Gasteiger partial charge >= 0.3 is 0 Å². The molecule has 1 saturated heterocycles. The van der Waals surface area contributed by atoms with Crippen LogP contribution >= 0.6 is 0 Å². The second-order valence-corrected chi connectivity index (χ2v) is 6.21. The summed E-state index contributed by atoms with van der Waals surface area (Å²) in [6.07, 6.45) is 2.67. The van der Waals surface area contributed by atoms with Crippen LogP contribution in [0.15, 0.2) is 10.5 Å². The van der Waals surface area contributed by atoms with Crippen LogP contribution in [0.2, 0.25) is 0 Å². The van der Waals surface area contributed by atoms with Crippen LogP contribution in [0.4, 0.5) is 0 Å². The second kappa shape index (κ2) is 6.58. The van der Waals surface area contributed by atoms with Gasteiger partial charge in [0.1, 0.15) is 11.5 Å². The fourth-order valence-electron chi connectivity index (χ4n) is 3.00. The summed E-state index contributed by atoms with van der Waals surface area (Å²) in [6.45, 7) is 11.0. The zero-order valence-electron chi connectivity index (χ0n) is 12.8. The van der Waals surface area contributed by atoms with Crippen molar-refractivity contribution < 1.29 is 4.42 Å². The van der Waals surface area contributed by atoms with E-state index < -0.39 is 0 Å². The zero-order valence-corrected chi connectivity index (χ0v) is 12.8. The maximum absolute atomic E-state index is 5.93. The Kier molecular flexibility index (Phi) is 5.06. The molecule has 1 aliphatic rings. The summed E-state index contributed by atoms with van der Waals surface area (Å²) < 4.78 is 5.93. The lowest BCUT2D eigenvalue weighted by atomic mass is 9.87. The number of nitrogens with zero attached hydrogens (tertiary/aromatic N) is 1. The fraction of sp³-hybridized carbons (Fsp3) is 0.750. The summed E-state index contributed by atoms with van der Waals surface area (Å²) in [5.74, 6) is 3.94. The summed E-state index contributed by atoms with van der Waals surface area (Å²) in [7, 11) is 1.96. The van der Waals surface area contributed by atoms with Crippen molar-refractivity contribution in [2.75, 3.05) is 20.1 Å². The molecule has 108 valence electrons. The molecule has 0 unspecified atom stereocenters. The number of furan rings is 1. The highest BCUT2D eigenvalue weighted by Crippen LogP contribution is 2.26. The maximum atomic E-state index is 5.93. The van der Waals surface area contributed by atoms with Crippen LogP contribution < -0.4 is 5.32 Å². The first-order valence-electron chi connectivity index (χ1n) is 7.55. The van der Waals surface area contributed by atoms with E-state index in [1.165, 1.54) is 31.5 Å². The van der Waals surface area contributed by atoms with Crippen molar-refractivity contribution in [1.82, 2.24) is 10.2 Å². The molecule has 19 heavy (non-hydrogen) atoms. The van der Waals surface area contributed by atoms with Crippen molar-refractivity contribution >= 4 is 0 Å². The van der Waals surface area contributed by atoms with Crippen molar-refractivity contribution in [1.29, 1.82) is 0 Å². The Morgan fingerprint density at radius 1 is 1.37 bits per heavy atom. The molecule has 1 fully saturated rings. The van der Waals surface area contributed by atoms with Crippen molar-refractivity contribution in [3.63, 3.8) is 0 Å². The molecule has 2 rings (SSSR count). The van der Waals surface area contributed by atoms with E-state index in [4.69, 9.17) is 4.42 Å². The summed E-state index contributed by atoms with van der Waals surface area (Å²) in [5.41, 5.74) is 1.27. The number of likely N-dealkylation sites (tertiary alicyclic amines) is 1. The molecule has 1 aromatic heterocycles. The summed E-state index contributed by atoms with van der Waals surface area (Å²) >= 11 is 0. The highest BCUT2D eigenvalue weighted by molar-refractivity contribution is 5.20. The molecule has 2 heterocycles. The van der Waals surface area contributed by atoms with Crippen LogP contribution in [0, 0.1) is 18.8 Å². The average Bonchev–Trinajstić information content (AvgIpc) is 2.71. The zero-order chi connectivity index (χ0) is 13.8. The summed E-state index contributed by atoms with van der Waals surface area (Å²) in [5, 5.41) is 3.15. The predicted octanol–water partition coefficient (Wildman–Crippen LogP) is 3.18. The fourth-order valence-corrected chi connectivity index (χ4v) is 3.00. The standard InChI is InChI=1S/C16H28N2O/c1-12(2)14-5-7-18(8-6-14)11-15-9-13(3)16(19-15)10-17-4/h9,12,14,17H,5-8,10-11H2,1-4H3. The highest BCUT2D eigenvalue weighted by Gasteiger charge is 2.22. The van der Waals surface area contributed by atoms with Crippen LogP contribution in [0.5, 0.6) is 0 Å². The smallest absolute Gasteiger partial charge is 0.120 e. The van der Waals surface area contributed by atoms with Gasteiger partial charge in [0.2, 0.25) is 0 Å². The first kappa shape index (κ1) is 14.6. The van der Waals surface area contributed by atoms with Gasteiger partial charge in [-0.1, -0.05) is 13.8 Å². The van der Waals surface area contributed by atoms with Crippen LogP contribution in [0.25, 0.3) is 0 Å². The molecular weight excluding hydrogens is 236 g/mol. The van der Waals surface area contributed by atoms with E-state index in [-0.39, 0.29) is 0 Å². The number of piperidine rings is 1. The second-order valence-electron chi connectivity index (χ2n) is 6.21. The molecule has 3 heteroatoms. The molecule has 0 amide bonds. The van der Waals surface area contributed by atoms with Gasteiger partial charge in [-0.25, -0.2) is 0 Å². The van der Waals surface area contributed by atoms with Gasteiger partial charge < -0.3 is 9.73 Å². The minimum absolute atomic E-state index is 0.821. The Morgan fingerprint density at radius 3 is 2.63 bits per heavy atom. The van der Waals surface area contributed by atoms with Gasteiger partial charge in [0.05, 0.1) is 13.1 Å². The van der Waals surface area contributed by atoms with E-state index in [9.17, 15) is 0 Å². The predicted molar refractivity (Wildman–Crippen MR) is 79.0 cm³/mol. The van der Waals surface area contributed by atoms with E-state index >= 15 is 0 Å². The van der Waals surface area contributed by atoms with Crippen molar-refractivity contribution in [2.45, 2.75) is 46.7 Å². The third-order valence-corrected chi connectivity index (χ3v) is 4.36. The van der Waals surface area contributed by atoms with E-state index in [0.717, 1.165) is 36.4 Å². The van der Waals surface area contributed by atoms with Crippen LogP contribution in [-0.4, -0.2) is 25.0 Å². The quantitative estimate of drug-likeness (QED) is 0.885. The lowest BCUT2D eigenvalue weighted by Gasteiger charge is -2.33. The topological polar surface area (TPSA) is 28.4 Å². The highest BCUT2D eigenvalue weighted by atomic mass is 16.3. The minimum atomic E-state index is 0.821. The first-order chi connectivity index (χ1) is 9.10. The molecule has 1 aromatic rings. The minimum Gasteiger partial charge on any atom is -0.463 e. The number of nitrogens with one attached hydrogen (secondary N) is 1. The Hall–Kier alpha value is -0.800. The van der Waals surface area contributed by atoms with Crippen molar-refractivity contribution in [3.8, 4) is 0 Å². The van der Waals surface area contributed by atoms with E-state index in [1.807, 2.05) is 7.05 Å². The third kappa shape index (κ3) is 3.83. The number of hydrogen-bond donors (Lipinski definition) is 1. The van der Waals surface area contributed by atoms with Crippen LogP contribution in [0.3, 0.4) is 0 Å². The molecule has 0 bridgehead atoms. The SMILES string of the molecule is CNCc1oc(CN2CCC(C(C)C)CC2)cc1C. The molecule has 0 aromatic carbocycles. The molecule has 1 N–H and O–H groups in total. The number of rotatable bonds is 5. The van der Waals surface area contributed by atoms with Gasteiger partial charge in [-0.05, 0) is 63.4 Å². The molecule has 0 saturated carbocycles. The Bertz CT molecular complexity index is 389. The number of hydrogen-bond acceptors (Lipinski definition) is 3. The molecule has 0 radical (unpaired) electrons. The first-order valence-corrected chi connectivity index (χ1v) is 7.55. The molecule has 0 spiro atoms. The van der Waals surface area contributed by atoms with Gasteiger partial charge in [0.15, 0.2) is 0 Å². The van der Waals surface area contributed by atoms with Crippen LogP contribution in [-0.2, 0) is 13.1 Å².